The van der Waals surface area contributed by atoms with Crippen LogP contribution in [0.1, 0.15) is 27.2 Å². The van der Waals surface area contributed by atoms with Gasteiger partial charge in [0.25, 0.3) is 0 Å². The Morgan fingerprint density at radius 2 is 1.80 bits per heavy atom. The van der Waals surface area contributed by atoms with Crippen molar-refractivity contribution in [1.29, 1.82) is 0 Å². The summed E-state index contributed by atoms with van der Waals surface area (Å²) in [7, 11) is 2.08. The third-order valence-corrected chi connectivity index (χ3v) is 2.37. The molecule has 0 unspecified atom stereocenters. The predicted molar refractivity (Wildman–Crippen MR) is 59.9 cm³/mol. The Labute approximate surface area is 92.2 Å². The highest BCUT2D eigenvalue weighted by Crippen LogP contribution is 2.11. The molecule has 0 radical (unpaired) electrons. The lowest BCUT2D eigenvalue weighted by Crippen LogP contribution is -2.38. The van der Waals surface area contributed by atoms with E-state index < -0.39 is 5.60 Å². The van der Waals surface area contributed by atoms with Crippen molar-refractivity contribution >= 4 is 6.09 Å². The van der Waals surface area contributed by atoms with Gasteiger partial charge in [-0.05, 0) is 40.8 Å². The molecule has 1 rings (SSSR count). The van der Waals surface area contributed by atoms with E-state index in [2.05, 4.69) is 11.9 Å². The maximum Gasteiger partial charge on any atom is 0.410 e. The molecule has 1 aliphatic heterocycles. The maximum atomic E-state index is 11.8. The first-order valence-corrected chi connectivity index (χ1v) is 5.55. The van der Waals surface area contributed by atoms with E-state index in [1.807, 2.05) is 20.8 Å². The molecule has 15 heavy (non-hydrogen) atoms. The first kappa shape index (κ1) is 12.3. The molecule has 0 aromatic heterocycles. The first-order valence-electron chi connectivity index (χ1n) is 5.55. The van der Waals surface area contributed by atoms with Gasteiger partial charge in [0.2, 0.25) is 0 Å². The second-order valence-corrected chi connectivity index (χ2v) is 5.12. The molecule has 1 fully saturated rings. The fraction of sp³-hybridized carbons (Fsp3) is 0.909. The van der Waals surface area contributed by atoms with Gasteiger partial charge in [0.1, 0.15) is 5.60 Å². The van der Waals surface area contributed by atoms with Gasteiger partial charge in [0.05, 0.1) is 0 Å². The molecular weight excluding hydrogens is 192 g/mol. The van der Waals surface area contributed by atoms with Crippen LogP contribution in [-0.4, -0.2) is 54.7 Å². The zero-order chi connectivity index (χ0) is 11.5. The molecule has 0 spiro atoms. The van der Waals surface area contributed by atoms with Crippen LogP contribution in [0, 0.1) is 0 Å². The highest BCUT2D eigenvalue weighted by atomic mass is 16.6. The molecule has 1 heterocycles. The van der Waals surface area contributed by atoms with Gasteiger partial charge in [0.15, 0.2) is 0 Å². The topological polar surface area (TPSA) is 32.8 Å². The summed E-state index contributed by atoms with van der Waals surface area (Å²) < 4.78 is 5.34. The lowest BCUT2D eigenvalue weighted by molar-refractivity contribution is 0.0259. The third-order valence-electron chi connectivity index (χ3n) is 2.37. The number of likely N-dealkylation sites (N-methyl/N-ethyl adjacent to an activating group) is 1. The van der Waals surface area contributed by atoms with Crippen molar-refractivity contribution < 1.29 is 9.53 Å². The Bertz CT molecular complexity index is 223. The van der Waals surface area contributed by atoms with Crippen LogP contribution in [0.2, 0.25) is 0 Å². The molecule has 0 aromatic rings. The summed E-state index contributed by atoms with van der Waals surface area (Å²) in [6.45, 7) is 9.25. The van der Waals surface area contributed by atoms with Crippen LogP contribution in [0.5, 0.6) is 0 Å². The number of hydrogen-bond donors (Lipinski definition) is 0. The minimum atomic E-state index is -0.394. The average molecular weight is 214 g/mol. The predicted octanol–water partition coefficient (Wildman–Crippen LogP) is 1.56. The number of amides is 1. The zero-order valence-electron chi connectivity index (χ0n) is 10.2. The van der Waals surface area contributed by atoms with Crippen LogP contribution in [0.25, 0.3) is 0 Å². The summed E-state index contributed by atoms with van der Waals surface area (Å²) in [6, 6.07) is 0. The van der Waals surface area contributed by atoms with Crippen molar-refractivity contribution in [3.05, 3.63) is 0 Å². The van der Waals surface area contributed by atoms with Gasteiger partial charge >= 0.3 is 6.09 Å². The van der Waals surface area contributed by atoms with E-state index in [9.17, 15) is 4.79 Å². The van der Waals surface area contributed by atoms with Gasteiger partial charge in [-0.3, -0.25) is 0 Å². The third kappa shape index (κ3) is 4.51. The fourth-order valence-corrected chi connectivity index (χ4v) is 1.56. The minimum absolute atomic E-state index is 0.183. The summed E-state index contributed by atoms with van der Waals surface area (Å²) in [5.74, 6) is 0. The largest absolute Gasteiger partial charge is 0.444 e. The van der Waals surface area contributed by atoms with Crippen molar-refractivity contribution in [3.8, 4) is 0 Å². The number of nitrogens with zero attached hydrogens (tertiary/aromatic N) is 2. The van der Waals surface area contributed by atoms with Gasteiger partial charge in [-0.15, -0.1) is 0 Å². The van der Waals surface area contributed by atoms with Gasteiger partial charge in [-0.1, -0.05) is 0 Å². The molecule has 0 saturated carbocycles. The highest BCUT2D eigenvalue weighted by Gasteiger charge is 2.23. The molecule has 0 aliphatic carbocycles. The van der Waals surface area contributed by atoms with E-state index in [0.717, 1.165) is 32.6 Å². The molecule has 4 heteroatoms. The molecule has 0 N–H and O–H groups in total. The molecule has 1 amide bonds. The van der Waals surface area contributed by atoms with Crippen LogP contribution in [0.4, 0.5) is 4.79 Å². The molecular formula is C11H22N2O2. The van der Waals surface area contributed by atoms with Crippen LogP contribution in [-0.2, 0) is 4.74 Å². The van der Waals surface area contributed by atoms with Crippen molar-refractivity contribution in [1.82, 2.24) is 9.80 Å². The van der Waals surface area contributed by atoms with E-state index in [1.54, 1.807) is 4.90 Å². The average Bonchev–Trinajstić information content (AvgIpc) is 2.26. The van der Waals surface area contributed by atoms with Gasteiger partial charge in [-0.2, -0.15) is 0 Å². The molecule has 1 aliphatic rings. The highest BCUT2D eigenvalue weighted by molar-refractivity contribution is 5.68. The molecule has 0 aromatic carbocycles. The summed E-state index contributed by atoms with van der Waals surface area (Å²) in [6.07, 6.45) is 0.841. The summed E-state index contributed by atoms with van der Waals surface area (Å²) in [5.41, 5.74) is -0.394. The van der Waals surface area contributed by atoms with Crippen molar-refractivity contribution in [2.24, 2.45) is 0 Å². The van der Waals surface area contributed by atoms with Gasteiger partial charge in [0, 0.05) is 19.6 Å². The zero-order valence-corrected chi connectivity index (χ0v) is 10.2. The minimum Gasteiger partial charge on any atom is -0.444 e. The lowest BCUT2D eigenvalue weighted by atomic mass is 10.2. The Morgan fingerprint density at radius 1 is 1.13 bits per heavy atom. The van der Waals surface area contributed by atoms with Crippen LogP contribution < -0.4 is 0 Å². The number of ether oxygens (including phenoxy) is 1. The second kappa shape index (κ2) is 4.84. The first-order chi connectivity index (χ1) is 6.88. The fourth-order valence-electron chi connectivity index (χ4n) is 1.56. The van der Waals surface area contributed by atoms with E-state index >= 15 is 0 Å². The van der Waals surface area contributed by atoms with Crippen molar-refractivity contribution in [2.75, 3.05) is 33.2 Å². The SMILES string of the molecule is CN1CCCN(C(=O)OC(C)(C)C)CC1. The Balaban J connectivity index is 2.45. The molecule has 1 saturated heterocycles. The number of hydrogen-bond acceptors (Lipinski definition) is 3. The van der Waals surface area contributed by atoms with E-state index in [0.29, 0.717) is 0 Å². The van der Waals surface area contributed by atoms with E-state index in [4.69, 9.17) is 4.74 Å². The monoisotopic (exact) mass is 214 g/mol. The number of carbonyl (C=O) groups is 1. The van der Waals surface area contributed by atoms with E-state index in [-0.39, 0.29) is 6.09 Å². The Hall–Kier alpha value is -0.770. The quantitative estimate of drug-likeness (QED) is 0.613. The van der Waals surface area contributed by atoms with Crippen molar-refractivity contribution in [3.63, 3.8) is 0 Å². The molecule has 0 bridgehead atoms. The maximum absolute atomic E-state index is 11.8. The number of rotatable bonds is 0. The molecule has 0 atom stereocenters. The van der Waals surface area contributed by atoms with E-state index in [1.165, 1.54) is 0 Å². The number of carbonyl (C=O) groups excluding carboxylic acids is 1. The molecule has 4 nitrogen and oxygen atoms in total. The van der Waals surface area contributed by atoms with Crippen LogP contribution in [0.15, 0.2) is 0 Å². The van der Waals surface area contributed by atoms with Gasteiger partial charge < -0.3 is 14.5 Å². The normalized spacial score (nSPS) is 19.9. The summed E-state index contributed by atoms with van der Waals surface area (Å²) >= 11 is 0. The summed E-state index contributed by atoms with van der Waals surface area (Å²) in [5, 5.41) is 0. The van der Waals surface area contributed by atoms with Crippen LogP contribution >= 0.6 is 0 Å². The Morgan fingerprint density at radius 3 is 2.40 bits per heavy atom. The standard InChI is InChI=1S/C11H22N2O2/c1-11(2,3)15-10(14)13-7-5-6-12(4)8-9-13/h5-9H2,1-4H3. The lowest BCUT2D eigenvalue weighted by Gasteiger charge is -2.26. The Kier molecular flexibility index (Phi) is 3.97. The van der Waals surface area contributed by atoms with Crippen LogP contribution in [0.3, 0.4) is 0 Å². The molecule has 88 valence electrons. The smallest absolute Gasteiger partial charge is 0.410 e. The van der Waals surface area contributed by atoms with Gasteiger partial charge in [-0.25, -0.2) is 4.79 Å². The van der Waals surface area contributed by atoms with Crippen molar-refractivity contribution in [2.45, 2.75) is 32.8 Å². The summed E-state index contributed by atoms with van der Waals surface area (Å²) in [4.78, 5) is 15.8. The second-order valence-electron chi connectivity index (χ2n) is 5.12.